The van der Waals surface area contributed by atoms with E-state index in [0.717, 1.165) is 19.4 Å². The highest BCUT2D eigenvalue weighted by atomic mass is 16.5. The number of rotatable bonds is 1. The summed E-state index contributed by atoms with van der Waals surface area (Å²) in [6, 6.07) is 0.0955. The third-order valence-corrected chi connectivity index (χ3v) is 2.99. The molecule has 2 N–H and O–H groups in total. The molecule has 88 valence electrons. The van der Waals surface area contributed by atoms with Gasteiger partial charge in [-0.15, -0.1) is 0 Å². The Balaban J connectivity index is 2.18. The summed E-state index contributed by atoms with van der Waals surface area (Å²) < 4.78 is 5.01. The van der Waals surface area contributed by atoms with E-state index < -0.39 is 0 Å². The van der Waals surface area contributed by atoms with Crippen molar-refractivity contribution in [2.45, 2.75) is 32.7 Å². The van der Waals surface area contributed by atoms with Gasteiger partial charge < -0.3 is 15.2 Å². The second-order valence-electron chi connectivity index (χ2n) is 4.35. The van der Waals surface area contributed by atoms with E-state index >= 15 is 0 Å². The Morgan fingerprint density at radius 2 is 2.31 bits per heavy atom. The Labute approximate surface area is 94.6 Å². The number of nitrogens with two attached hydrogens (primary N) is 1. The molecule has 1 atom stereocenters. The molecule has 1 fully saturated rings. The van der Waals surface area contributed by atoms with Crippen molar-refractivity contribution in [3.05, 3.63) is 17.0 Å². The normalized spacial score (nSPS) is 21.2. The summed E-state index contributed by atoms with van der Waals surface area (Å²) in [5.74, 6) is 0.577. The maximum atomic E-state index is 12.2. The molecule has 0 aliphatic carbocycles. The van der Waals surface area contributed by atoms with Crippen LogP contribution in [-0.2, 0) is 0 Å². The lowest BCUT2D eigenvalue weighted by Gasteiger charge is -2.30. The van der Waals surface area contributed by atoms with Crippen LogP contribution in [0.4, 0.5) is 0 Å². The highest BCUT2D eigenvalue weighted by Gasteiger charge is 2.26. The molecule has 1 aromatic heterocycles. The summed E-state index contributed by atoms with van der Waals surface area (Å²) in [4.78, 5) is 14.0. The van der Waals surface area contributed by atoms with E-state index in [2.05, 4.69) is 5.16 Å². The van der Waals surface area contributed by atoms with Gasteiger partial charge in [0.05, 0.1) is 5.69 Å². The standard InChI is InChI=1S/C11H17N3O2/c1-7-10(8(2)16-13-7)11(15)14-5-3-4-9(12)6-14/h9H,3-6,12H2,1-2H3/t9-/m0/s1. The van der Waals surface area contributed by atoms with Crippen LogP contribution >= 0.6 is 0 Å². The van der Waals surface area contributed by atoms with Gasteiger partial charge >= 0.3 is 0 Å². The fraction of sp³-hybridized carbons (Fsp3) is 0.636. The van der Waals surface area contributed by atoms with Crippen molar-refractivity contribution in [1.29, 1.82) is 0 Å². The maximum Gasteiger partial charge on any atom is 0.259 e. The Morgan fingerprint density at radius 1 is 1.56 bits per heavy atom. The lowest BCUT2D eigenvalue weighted by atomic mass is 10.0. The number of nitrogens with zero attached hydrogens (tertiary/aromatic N) is 2. The van der Waals surface area contributed by atoms with Gasteiger partial charge in [-0.2, -0.15) is 0 Å². The third-order valence-electron chi connectivity index (χ3n) is 2.99. The summed E-state index contributed by atoms with van der Waals surface area (Å²) >= 11 is 0. The second kappa shape index (κ2) is 4.25. The minimum atomic E-state index is -0.00796. The molecular weight excluding hydrogens is 206 g/mol. The number of carbonyl (C=O) groups excluding carboxylic acids is 1. The van der Waals surface area contributed by atoms with Gasteiger partial charge in [0.25, 0.3) is 5.91 Å². The molecule has 16 heavy (non-hydrogen) atoms. The van der Waals surface area contributed by atoms with Crippen molar-refractivity contribution in [1.82, 2.24) is 10.1 Å². The Hall–Kier alpha value is -1.36. The summed E-state index contributed by atoms with van der Waals surface area (Å²) in [6.45, 7) is 4.95. The zero-order valence-electron chi connectivity index (χ0n) is 9.69. The van der Waals surface area contributed by atoms with E-state index in [0.29, 0.717) is 23.6 Å². The monoisotopic (exact) mass is 223 g/mol. The van der Waals surface area contributed by atoms with Crippen molar-refractivity contribution in [2.75, 3.05) is 13.1 Å². The predicted molar refractivity (Wildman–Crippen MR) is 59.1 cm³/mol. The zero-order valence-corrected chi connectivity index (χ0v) is 9.69. The van der Waals surface area contributed by atoms with E-state index in [-0.39, 0.29) is 11.9 Å². The molecule has 1 aliphatic rings. The summed E-state index contributed by atoms with van der Waals surface area (Å²) in [5.41, 5.74) is 7.11. The number of piperidine rings is 1. The number of aryl methyl sites for hydroxylation is 2. The van der Waals surface area contributed by atoms with Crippen molar-refractivity contribution in [2.24, 2.45) is 5.73 Å². The molecule has 1 aliphatic heterocycles. The van der Waals surface area contributed by atoms with Crippen LogP contribution in [0.5, 0.6) is 0 Å². The number of hydrogen-bond donors (Lipinski definition) is 1. The Kier molecular flexibility index (Phi) is 2.96. The van der Waals surface area contributed by atoms with Crippen molar-refractivity contribution >= 4 is 5.91 Å². The highest BCUT2D eigenvalue weighted by Crippen LogP contribution is 2.18. The largest absolute Gasteiger partial charge is 0.361 e. The van der Waals surface area contributed by atoms with Crippen molar-refractivity contribution in [3.63, 3.8) is 0 Å². The van der Waals surface area contributed by atoms with Gasteiger partial charge in [-0.1, -0.05) is 5.16 Å². The molecular formula is C11H17N3O2. The topological polar surface area (TPSA) is 72.4 Å². The molecule has 2 heterocycles. The van der Waals surface area contributed by atoms with Crippen LogP contribution in [0.1, 0.15) is 34.7 Å². The first-order valence-electron chi connectivity index (χ1n) is 5.57. The van der Waals surface area contributed by atoms with E-state index in [1.165, 1.54) is 0 Å². The van der Waals surface area contributed by atoms with Gasteiger partial charge in [-0.3, -0.25) is 4.79 Å². The number of hydrogen-bond acceptors (Lipinski definition) is 4. The van der Waals surface area contributed by atoms with Crippen LogP contribution in [0, 0.1) is 13.8 Å². The minimum Gasteiger partial charge on any atom is -0.361 e. The molecule has 0 aromatic carbocycles. The van der Waals surface area contributed by atoms with Crippen molar-refractivity contribution in [3.8, 4) is 0 Å². The van der Waals surface area contributed by atoms with Gasteiger partial charge in [-0.25, -0.2) is 0 Å². The van der Waals surface area contributed by atoms with Gasteiger partial charge in [0.2, 0.25) is 0 Å². The van der Waals surface area contributed by atoms with Crippen molar-refractivity contribution < 1.29 is 9.32 Å². The van der Waals surface area contributed by atoms with Gasteiger partial charge in [0.15, 0.2) is 0 Å². The number of likely N-dealkylation sites (tertiary alicyclic amines) is 1. The maximum absolute atomic E-state index is 12.2. The first kappa shape index (κ1) is 11.1. The fourth-order valence-electron chi connectivity index (χ4n) is 2.14. The summed E-state index contributed by atoms with van der Waals surface area (Å²) in [5, 5.41) is 3.80. The second-order valence-corrected chi connectivity index (χ2v) is 4.35. The van der Waals surface area contributed by atoms with Gasteiger partial charge in [0, 0.05) is 19.1 Å². The van der Waals surface area contributed by atoms with Crippen LogP contribution in [0.2, 0.25) is 0 Å². The molecule has 2 rings (SSSR count). The average molecular weight is 223 g/mol. The molecule has 0 unspecified atom stereocenters. The third kappa shape index (κ3) is 1.95. The molecule has 0 bridgehead atoms. The van der Waals surface area contributed by atoms with E-state index in [4.69, 9.17) is 10.3 Å². The van der Waals surface area contributed by atoms with Gasteiger partial charge in [-0.05, 0) is 26.7 Å². The summed E-state index contributed by atoms with van der Waals surface area (Å²) in [7, 11) is 0. The molecule has 1 aromatic rings. The highest BCUT2D eigenvalue weighted by molar-refractivity contribution is 5.96. The smallest absolute Gasteiger partial charge is 0.259 e. The van der Waals surface area contributed by atoms with E-state index in [9.17, 15) is 4.79 Å². The molecule has 5 heteroatoms. The lowest BCUT2D eigenvalue weighted by molar-refractivity contribution is 0.0706. The molecule has 0 saturated carbocycles. The molecule has 5 nitrogen and oxygen atoms in total. The first-order valence-corrected chi connectivity index (χ1v) is 5.57. The van der Waals surface area contributed by atoms with Gasteiger partial charge in [0.1, 0.15) is 11.3 Å². The molecule has 1 amide bonds. The lowest BCUT2D eigenvalue weighted by Crippen LogP contribution is -2.45. The quantitative estimate of drug-likeness (QED) is 0.766. The average Bonchev–Trinajstić information content (AvgIpc) is 2.58. The Morgan fingerprint density at radius 3 is 2.88 bits per heavy atom. The molecule has 0 radical (unpaired) electrons. The van der Waals surface area contributed by atoms with Crippen LogP contribution in [0.15, 0.2) is 4.52 Å². The van der Waals surface area contributed by atoms with Crippen LogP contribution in [0.25, 0.3) is 0 Å². The first-order chi connectivity index (χ1) is 7.59. The molecule has 1 saturated heterocycles. The van der Waals surface area contributed by atoms with Crippen LogP contribution in [-0.4, -0.2) is 35.1 Å². The fourth-order valence-corrected chi connectivity index (χ4v) is 2.14. The minimum absolute atomic E-state index is 0.00796. The predicted octanol–water partition coefficient (Wildman–Crippen LogP) is 0.855. The van der Waals surface area contributed by atoms with Crippen LogP contribution < -0.4 is 5.73 Å². The molecule has 0 spiro atoms. The van der Waals surface area contributed by atoms with Crippen LogP contribution in [0.3, 0.4) is 0 Å². The number of aromatic nitrogens is 1. The number of carbonyl (C=O) groups is 1. The SMILES string of the molecule is Cc1noc(C)c1C(=O)N1CCC[C@H](N)C1. The zero-order chi connectivity index (χ0) is 11.7. The summed E-state index contributed by atoms with van der Waals surface area (Å²) in [6.07, 6.45) is 1.96. The van der Waals surface area contributed by atoms with E-state index in [1.54, 1.807) is 18.7 Å². The van der Waals surface area contributed by atoms with E-state index in [1.807, 2.05) is 0 Å². The Bertz CT molecular complexity index is 380. The number of amides is 1.